The molecule has 6 heteroatoms. The fourth-order valence-electron chi connectivity index (χ4n) is 4.02. The van der Waals surface area contributed by atoms with Gasteiger partial charge in [0.05, 0.1) is 18.9 Å². The van der Waals surface area contributed by atoms with Crippen LogP contribution in [0.25, 0.3) is 0 Å². The van der Waals surface area contributed by atoms with Gasteiger partial charge >= 0.3 is 0 Å². The lowest BCUT2D eigenvalue weighted by atomic mass is 10.1. The van der Waals surface area contributed by atoms with Crippen molar-refractivity contribution >= 4 is 5.91 Å². The maximum atomic E-state index is 12.2. The van der Waals surface area contributed by atoms with Gasteiger partial charge in [-0.25, -0.2) is 0 Å². The van der Waals surface area contributed by atoms with Crippen molar-refractivity contribution in [1.82, 2.24) is 20.4 Å². The number of carbonyl (C=O) groups excluding carboxylic acids is 1. The first kappa shape index (κ1) is 17.2. The highest BCUT2D eigenvalue weighted by atomic mass is 16.5. The summed E-state index contributed by atoms with van der Waals surface area (Å²) in [6.07, 6.45) is 7.12. The smallest absolute Gasteiger partial charge is 0.220 e. The Morgan fingerprint density at radius 3 is 3.00 bits per heavy atom. The minimum Gasteiger partial charge on any atom is -0.371 e. The van der Waals surface area contributed by atoms with E-state index < -0.39 is 0 Å². The Hall–Kier alpha value is -2.18. The van der Waals surface area contributed by atoms with Crippen LogP contribution in [0.4, 0.5) is 0 Å². The monoisotopic (exact) mass is 354 g/mol. The number of carbonyl (C=O) groups is 1. The summed E-state index contributed by atoms with van der Waals surface area (Å²) in [5, 5.41) is 9.94. The molecule has 0 bridgehead atoms. The van der Waals surface area contributed by atoms with Crippen molar-refractivity contribution in [2.24, 2.45) is 0 Å². The average Bonchev–Trinajstić information content (AvgIpc) is 3.31. The second kappa shape index (κ2) is 8.01. The molecular formula is C20H26N4O2. The van der Waals surface area contributed by atoms with E-state index >= 15 is 0 Å². The predicted molar refractivity (Wildman–Crippen MR) is 98.6 cm³/mol. The third-order valence-electron chi connectivity index (χ3n) is 5.38. The number of benzene rings is 1. The molecular weight excluding hydrogens is 328 g/mol. The van der Waals surface area contributed by atoms with Crippen LogP contribution in [0.5, 0.6) is 0 Å². The first-order valence-electron chi connectivity index (χ1n) is 9.45. The molecule has 2 aromatic rings. The van der Waals surface area contributed by atoms with Gasteiger partial charge in [0.1, 0.15) is 0 Å². The molecule has 1 aromatic heterocycles. The fraction of sp³-hybridized carbons (Fsp3) is 0.500. The first-order valence-corrected chi connectivity index (χ1v) is 9.45. The lowest BCUT2D eigenvalue weighted by Crippen LogP contribution is -2.43. The SMILES string of the molecule is O=C(CCCc1cn[nH]c1)N[C@@H]1C[C@H]2CO[C@@H](c3ccccc3)CN2C1. The fourth-order valence-corrected chi connectivity index (χ4v) is 4.02. The van der Waals surface area contributed by atoms with Gasteiger partial charge in [-0.15, -0.1) is 0 Å². The minimum absolute atomic E-state index is 0.136. The minimum atomic E-state index is 0.136. The summed E-state index contributed by atoms with van der Waals surface area (Å²) in [5.74, 6) is 0.152. The number of hydrogen-bond acceptors (Lipinski definition) is 4. The van der Waals surface area contributed by atoms with Crippen LogP contribution in [0.1, 0.15) is 36.5 Å². The number of nitrogens with one attached hydrogen (secondary N) is 2. The number of hydrogen-bond donors (Lipinski definition) is 2. The van der Waals surface area contributed by atoms with Gasteiger partial charge in [0.15, 0.2) is 0 Å². The largest absolute Gasteiger partial charge is 0.371 e. The molecule has 1 aromatic carbocycles. The maximum Gasteiger partial charge on any atom is 0.220 e. The van der Waals surface area contributed by atoms with E-state index in [0.717, 1.165) is 44.5 Å². The second-order valence-electron chi connectivity index (χ2n) is 7.30. The van der Waals surface area contributed by atoms with Crippen LogP contribution in [0.2, 0.25) is 0 Å². The summed E-state index contributed by atoms with van der Waals surface area (Å²) in [7, 11) is 0. The van der Waals surface area contributed by atoms with Gasteiger partial charge in [0.25, 0.3) is 0 Å². The molecule has 2 N–H and O–H groups in total. The zero-order valence-corrected chi connectivity index (χ0v) is 14.9. The zero-order chi connectivity index (χ0) is 17.8. The molecule has 0 aliphatic carbocycles. The van der Waals surface area contributed by atoms with Gasteiger partial charge in [-0.3, -0.25) is 14.8 Å². The quantitative estimate of drug-likeness (QED) is 0.833. The van der Waals surface area contributed by atoms with Gasteiger partial charge in [-0.05, 0) is 30.4 Å². The van der Waals surface area contributed by atoms with Gasteiger partial charge in [-0.1, -0.05) is 30.3 Å². The molecule has 2 saturated heterocycles. The Kier molecular flexibility index (Phi) is 5.32. The number of nitrogens with zero attached hydrogens (tertiary/aromatic N) is 2. The number of amides is 1. The zero-order valence-electron chi connectivity index (χ0n) is 14.9. The molecule has 2 aliphatic heterocycles. The highest BCUT2D eigenvalue weighted by molar-refractivity contribution is 5.76. The molecule has 6 nitrogen and oxygen atoms in total. The van der Waals surface area contributed by atoms with Gasteiger partial charge in [0, 0.05) is 37.8 Å². The van der Waals surface area contributed by atoms with Crippen LogP contribution >= 0.6 is 0 Å². The van der Waals surface area contributed by atoms with E-state index in [4.69, 9.17) is 4.74 Å². The molecule has 4 rings (SSSR count). The van der Waals surface area contributed by atoms with Crippen molar-refractivity contribution in [3.05, 3.63) is 53.9 Å². The molecule has 138 valence electrons. The Morgan fingerprint density at radius 1 is 1.31 bits per heavy atom. The van der Waals surface area contributed by atoms with Crippen LogP contribution in [-0.4, -0.2) is 52.8 Å². The van der Waals surface area contributed by atoms with E-state index in [-0.39, 0.29) is 18.1 Å². The normalized spacial score (nSPS) is 25.8. The Morgan fingerprint density at radius 2 is 2.19 bits per heavy atom. The standard InChI is InChI=1S/C20H26N4O2/c25-20(8-4-5-15-10-21-22-11-15)23-17-9-18-14-26-19(13-24(18)12-17)16-6-2-1-3-7-16/h1-3,6-7,10-11,17-19H,4-5,8-9,12-14H2,(H,21,22)(H,23,25)/t17-,18+,19-/m1/s1. The molecule has 0 saturated carbocycles. The van der Waals surface area contributed by atoms with E-state index in [0.29, 0.717) is 12.5 Å². The molecule has 3 atom stereocenters. The summed E-state index contributed by atoms with van der Waals surface area (Å²) in [4.78, 5) is 14.7. The summed E-state index contributed by atoms with van der Waals surface area (Å²) in [5.41, 5.74) is 2.39. The van der Waals surface area contributed by atoms with Crippen LogP contribution < -0.4 is 5.32 Å². The summed E-state index contributed by atoms with van der Waals surface area (Å²) < 4.78 is 6.07. The predicted octanol–water partition coefficient (Wildman–Crippen LogP) is 2.06. The van der Waals surface area contributed by atoms with Crippen molar-refractivity contribution in [3.8, 4) is 0 Å². The summed E-state index contributed by atoms with van der Waals surface area (Å²) in [6, 6.07) is 11.1. The number of aryl methyl sites for hydroxylation is 1. The van der Waals surface area contributed by atoms with Crippen molar-refractivity contribution in [2.75, 3.05) is 19.7 Å². The second-order valence-corrected chi connectivity index (χ2v) is 7.30. The van der Waals surface area contributed by atoms with E-state index in [9.17, 15) is 4.79 Å². The molecule has 0 radical (unpaired) electrons. The van der Waals surface area contributed by atoms with Crippen LogP contribution in [-0.2, 0) is 16.0 Å². The number of aromatic nitrogens is 2. The third kappa shape index (κ3) is 4.14. The molecule has 0 unspecified atom stereocenters. The first-order chi connectivity index (χ1) is 12.8. The Bertz CT molecular complexity index is 704. The van der Waals surface area contributed by atoms with E-state index in [1.807, 2.05) is 18.5 Å². The Balaban J connectivity index is 1.22. The highest BCUT2D eigenvalue weighted by Gasteiger charge is 2.38. The molecule has 2 aliphatic rings. The number of ether oxygens (including phenoxy) is 1. The number of rotatable bonds is 6. The topological polar surface area (TPSA) is 70.2 Å². The average molecular weight is 354 g/mol. The Labute approximate surface area is 153 Å². The molecule has 2 fully saturated rings. The van der Waals surface area contributed by atoms with Crippen LogP contribution in [0, 0.1) is 0 Å². The van der Waals surface area contributed by atoms with Crippen molar-refractivity contribution in [2.45, 2.75) is 43.9 Å². The van der Waals surface area contributed by atoms with Gasteiger partial charge in [0.2, 0.25) is 5.91 Å². The van der Waals surface area contributed by atoms with Gasteiger partial charge < -0.3 is 10.1 Å². The number of H-pyrrole nitrogens is 1. The highest BCUT2D eigenvalue weighted by Crippen LogP contribution is 2.30. The summed E-state index contributed by atoms with van der Waals surface area (Å²) >= 11 is 0. The molecule has 0 spiro atoms. The van der Waals surface area contributed by atoms with Crippen LogP contribution in [0.3, 0.4) is 0 Å². The van der Waals surface area contributed by atoms with E-state index in [2.05, 4.69) is 44.7 Å². The molecule has 3 heterocycles. The third-order valence-corrected chi connectivity index (χ3v) is 5.38. The molecule has 1 amide bonds. The van der Waals surface area contributed by atoms with Crippen molar-refractivity contribution in [1.29, 1.82) is 0 Å². The van der Waals surface area contributed by atoms with E-state index in [1.54, 1.807) is 0 Å². The van der Waals surface area contributed by atoms with E-state index in [1.165, 1.54) is 5.56 Å². The van der Waals surface area contributed by atoms with Gasteiger partial charge in [-0.2, -0.15) is 5.10 Å². The molecule has 26 heavy (non-hydrogen) atoms. The van der Waals surface area contributed by atoms with Crippen LogP contribution in [0.15, 0.2) is 42.7 Å². The van der Waals surface area contributed by atoms with Crippen molar-refractivity contribution in [3.63, 3.8) is 0 Å². The number of morpholine rings is 1. The maximum absolute atomic E-state index is 12.2. The van der Waals surface area contributed by atoms with Crippen molar-refractivity contribution < 1.29 is 9.53 Å². The number of aromatic amines is 1. The lowest BCUT2D eigenvalue weighted by molar-refractivity contribution is -0.121. The summed E-state index contributed by atoms with van der Waals surface area (Å²) in [6.45, 7) is 2.57. The number of fused-ring (bicyclic) bond motifs is 1. The lowest BCUT2D eigenvalue weighted by Gasteiger charge is -2.35.